The van der Waals surface area contributed by atoms with Crippen LogP contribution in [0.4, 0.5) is 0 Å². The number of oxazole rings is 1. The average Bonchev–Trinajstić information content (AvgIpc) is 3.46. The molecule has 0 aliphatic carbocycles. The van der Waals surface area contributed by atoms with Gasteiger partial charge in [0.25, 0.3) is 0 Å². The van der Waals surface area contributed by atoms with E-state index < -0.39 is 0 Å². The van der Waals surface area contributed by atoms with Crippen LogP contribution in [0.5, 0.6) is 0 Å². The first-order valence-corrected chi connectivity index (χ1v) is 10.4. The molecule has 7 rings (SSSR count). The van der Waals surface area contributed by atoms with E-state index in [2.05, 4.69) is 82.3 Å². The summed E-state index contributed by atoms with van der Waals surface area (Å²) < 4.78 is 10.5. The minimum absolute atomic E-state index is 0.806. The second-order valence-electron chi connectivity index (χ2n) is 7.29. The van der Waals surface area contributed by atoms with Crippen LogP contribution < -0.4 is 0 Å². The maximum Gasteiger partial charge on any atom is 0.181 e. The van der Waals surface area contributed by atoms with Gasteiger partial charge < -0.3 is 8.98 Å². The quantitative estimate of drug-likeness (QED) is 0.295. The molecular formula is C25H14N2OS. The maximum absolute atomic E-state index is 5.46. The molecule has 0 radical (unpaired) electrons. The summed E-state index contributed by atoms with van der Waals surface area (Å²) in [7, 11) is 0. The molecule has 0 bridgehead atoms. The lowest BCUT2D eigenvalue weighted by atomic mass is 10.1. The third-order valence-electron chi connectivity index (χ3n) is 5.75. The zero-order valence-electron chi connectivity index (χ0n) is 15.3. The largest absolute Gasteiger partial charge is 0.443 e. The highest BCUT2D eigenvalue weighted by Gasteiger charge is 2.18. The van der Waals surface area contributed by atoms with Gasteiger partial charge in [0.2, 0.25) is 0 Å². The Balaban J connectivity index is 1.76. The first-order chi connectivity index (χ1) is 14.4. The summed E-state index contributed by atoms with van der Waals surface area (Å²) >= 11 is 1.85. The molecule has 0 atom stereocenters. The lowest BCUT2D eigenvalue weighted by Crippen LogP contribution is -1.94. The molecule has 136 valence electrons. The second kappa shape index (κ2) is 5.46. The molecule has 0 spiro atoms. The summed E-state index contributed by atoms with van der Waals surface area (Å²) in [6, 6.07) is 28.1. The molecule has 3 nitrogen and oxygen atoms in total. The molecular weight excluding hydrogens is 376 g/mol. The van der Waals surface area contributed by atoms with Gasteiger partial charge in [0.05, 0.1) is 11.0 Å². The van der Waals surface area contributed by atoms with Crippen molar-refractivity contribution in [3.8, 4) is 5.69 Å². The summed E-state index contributed by atoms with van der Waals surface area (Å²) in [5.41, 5.74) is 5.23. The highest BCUT2D eigenvalue weighted by atomic mass is 32.1. The van der Waals surface area contributed by atoms with Crippen molar-refractivity contribution in [3.05, 3.63) is 85.3 Å². The molecule has 0 aliphatic heterocycles. The van der Waals surface area contributed by atoms with E-state index in [9.17, 15) is 0 Å². The SMILES string of the molecule is c1ccc2c(c1)sc1ccc3c4ccccc4n(-c4ccc5ocnc5c4)c3c12. The molecule has 3 aromatic heterocycles. The molecule has 0 N–H and O–H groups in total. The topological polar surface area (TPSA) is 31.0 Å². The van der Waals surface area contributed by atoms with E-state index in [0.29, 0.717) is 0 Å². The summed E-state index contributed by atoms with van der Waals surface area (Å²) in [6.07, 6.45) is 1.50. The molecule has 4 aromatic carbocycles. The molecule has 7 aromatic rings. The van der Waals surface area contributed by atoms with Gasteiger partial charge in [0, 0.05) is 36.6 Å². The predicted octanol–water partition coefficient (Wildman–Crippen LogP) is 7.29. The Hall–Kier alpha value is -3.63. The molecule has 0 amide bonds. The van der Waals surface area contributed by atoms with Crippen molar-refractivity contribution in [2.75, 3.05) is 0 Å². The van der Waals surface area contributed by atoms with E-state index in [-0.39, 0.29) is 0 Å². The average molecular weight is 390 g/mol. The number of para-hydroxylation sites is 1. The lowest BCUT2D eigenvalue weighted by Gasteiger charge is -2.09. The van der Waals surface area contributed by atoms with Crippen LogP contribution in [0.15, 0.2) is 89.7 Å². The van der Waals surface area contributed by atoms with Gasteiger partial charge in [-0.05, 0) is 36.4 Å². The van der Waals surface area contributed by atoms with Crippen molar-refractivity contribution in [1.29, 1.82) is 0 Å². The first kappa shape index (κ1) is 15.3. The molecule has 0 saturated carbocycles. The number of rotatable bonds is 1. The summed E-state index contributed by atoms with van der Waals surface area (Å²) in [5, 5.41) is 5.17. The Morgan fingerprint density at radius 2 is 1.62 bits per heavy atom. The van der Waals surface area contributed by atoms with Gasteiger partial charge in [-0.1, -0.05) is 42.5 Å². The van der Waals surface area contributed by atoms with E-state index in [1.165, 1.54) is 48.4 Å². The van der Waals surface area contributed by atoms with E-state index in [1.807, 2.05) is 17.4 Å². The van der Waals surface area contributed by atoms with Crippen LogP contribution in [-0.2, 0) is 0 Å². The maximum atomic E-state index is 5.46. The first-order valence-electron chi connectivity index (χ1n) is 9.55. The minimum Gasteiger partial charge on any atom is -0.443 e. The van der Waals surface area contributed by atoms with Gasteiger partial charge in [0.15, 0.2) is 12.0 Å². The predicted molar refractivity (Wildman–Crippen MR) is 121 cm³/mol. The Morgan fingerprint density at radius 3 is 2.59 bits per heavy atom. The van der Waals surface area contributed by atoms with Crippen LogP contribution in [0, 0.1) is 0 Å². The van der Waals surface area contributed by atoms with Gasteiger partial charge in [0.1, 0.15) is 5.52 Å². The summed E-state index contributed by atoms with van der Waals surface area (Å²) in [5.74, 6) is 0. The summed E-state index contributed by atoms with van der Waals surface area (Å²) in [6.45, 7) is 0. The van der Waals surface area contributed by atoms with E-state index >= 15 is 0 Å². The van der Waals surface area contributed by atoms with Crippen molar-refractivity contribution >= 4 is 64.4 Å². The zero-order valence-corrected chi connectivity index (χ0v) is 16.1. The highest BCUT2D eigenvalue weighted by Crippen LogP contribution is 2.42. The van der Waals surface area contributed by atoms with Crippen molar-refractivity contribution in [3.63, 3.8) is 0 Å². The minimum atomic E-state index is 0.806. The number of thiophene rings is 1. The van der Waals surface area contributed by atoms with E-state index in [1.54, 1.807) is 0 Å². The van der Waals surface area contributed by atoms with Crippen molar-refractivity contribution < 1.29 is 4.42 Å². The highest BCUT2D eigenvalue weighted by molar-refractivity contribution is 7.26. The Morgan fingerprint density at radius 1 is 0.759 bits per heavy atom. The molecule has 0 unspecified atom stereocenters. The Bertz CT molecular complexity index is 1720. The third-order valence-corrected chi connectivity index (χ3v) is 6.88. The monoisotopic (exact) mass is 390 g/mol. The Kier molecular flexibility index (Phi) is 2.88. The van der Waals surface area contributed by atoms with Gasteiger partial charge in [-0.25, -0.2) is 4.98 Å². The second-order valence-corrected chi connectivity index (χ2v) is 8.37. The van der Waals surface area contributed by atoms with Gasteiger partial charge in [-0.3, -0.25) is 0 Å². The fraction of sp³-hybridized carbons (Fsp3) is 0. The van der Waals surface area contributed by atoms with Gasteiger partial charge in [-0.15, -0.1) is 11.3 Å². The van der Waals surface area contributed by atoms with Crippen LogP contribution >= 0.6 is 11.3 Å². The van der Waals surface area contributed by atoms with Crippen LogP contribution in [0.2, 0.25) is 0 Å². The van der Waals surface area contributed by atoms with Crippen molar-refractivity contribution in [2.45, 2.75) is 0 Å². The lowest BCUT2D eigenvalue weighted by molar-refractivity contribution is 0.602. The fourth-order valence-corrected chi connectivity index (χ4v) is 5.63. The van der Waals surface area contributed by atoms with E-state index in [0.717, 1.165) is 16.8 Å². The van der Waals surface area contributed by atoms with Crippen molar-refractivity contribution in [1.82, 2.24) is 9.55 Å². The fourth-order valence-electron chi connectivity index (χ4n) is 4.52. The Labute approximate surface area is 169 Å². The number of hydrogen-bond acceptors (Lipinski definition) is 3. The molecule has 0 fully saturated rings. The zero-order chi connectivity index (χ0) is 18.9. The van der Waals surface area contributed by atoms with Crippen LogP contribution in [-0.4, -0.2) is 9.55 Å². The van der Waals surface area contributed by atoms with Gasteiger partial charge >= 0.3 is 0 Å². The molecule has 0 saturated heterocycles. The molecule has 0 aliphatic rings. The van der Waals surface area contributed by atoms with Gasteiger partial charge in [-0.2, -0.15) is 0 Å². The van der Waals surface area contributed by atoms with E-state index in [4.69, 9.17) is 4.42 Å². The molecule has 3 heterocycles. The molecule has 4 heteroatoms. The van der Waals surface area contributed by atoms with Crippen LogP contribution in [0.25, 0.3) is 58.8 Å². The number of hydrogen-bond donors (Lipinski definition) is 0. The normalized spacial score (nSPS) is 12.1. The van der Waals surface area contributed by atoms with Crippen molar-refractivity contribution in [2.24, 2.45) is 0 Å². The van der Waals surface area contributed by atoms with Crippen LogP contribution in [0.1, 0.15) is 0 Å². The number of fused-ring (bicyclic) bond motifs is 8. The smallest absolute Gasteiger partial charge is 0.181 e. The number of aromatic nitrogens is 2. The summed E-state index contributed by atoms with van der Waals surface area (Å²) in [4.78, 5) is 4.37. The number of benzene rings is 4. The van der Waals surface area contributed by atoms with Crippen LogP contribution in [0.3, 0.4) is 0 Å². The molecule has 29 heavy (non-hydrogen) atoms. The standard InChI is InChI=1S/C25H14N2OS/c1-3-7-20-16(5-1)17-10-12-23-24(18-6-2-4-8-22(18)29-23)25(17)27(20)15-9-11-21-19(13-15)26-14-28-21/h1-14H. The number of nitrogens with zero attached hydrogens (tertiary/aromatic N) is 2. The third kappa shape index (κ3) is 1.99.